The van der Waals surface area contributed by atoms with Crippen LogP contribution in [0.3, 0.4) is 0 Å². The summed E-state index contributed by atoms with van der Waals surface area (Å²) in [6.45, 7) is 7.93. The van der Waals surface area contributed by atoms with E-state index in [0.717, 1.165) is 36.3 Å². The molecule has 4 nitrogen and oxygen atoms in total. The molecule has 1 atom stereocenters. The quantitative estimate of drug-likeness (QED) is 0.504. The molecular formula is C21H30N2O2. The van der Waals surface area contributed by atoms with E-state index in [2.05, 4.69) is 30.7 Å². The summed E-state index contributed by atoms with van der Waals surface area (Å²) in [5, 5.41) is 0. The molecule has 4 heteroatoms. The molecule has 0 N–H and O–H groups in total. The Bertz CT molecular complexity index is 617. The summed E-state index contributed by atoms with van der Waals surface area (Å²) < 4.78 is 11.7. The van der Waals surface area contributed by atoms with Crippen LogP contribution in [0.4, 0.5) is 0 Å². The SMILES string of the molecule is CCCCCOc1cnc(OCCC(C)CC)nc1-c1ccccc1. The van der Waals surface area contributed by atoms with Crippen molar-refractivity contribution in [1.29, 1.82) is 0 Å². The van der Waals surface area contributed by atoms with Crippen molar-refractivity contribution in [2.45, 2.75) is 52.9 Å². The van der Waals surface area contributed by atoms with Crippen LogP contribution < -0.4 is 9.47 Å². The highest BCUT2D eigenvalue weighted by atomic mass is 16.5. The first-order chi connectivity index (χ1) is 12.2. The van der Waals surface area contributed by atoms with E-state index in [4.69, 9.17) is 9.47 Å². The lowest BCUT2D eigenvalue weighted by Gasteiger charge is -2.13. The molecule has 1 unspecified atom stereocenters. The maximum atomic E-state index is 5.93. The molecular weight excluding hydrogens is 312 g/mol. The first-order valence-electron chi connectivity index (χ1n) is 9.42. The molecule has 0 saturated heterocycles. The van der Waals surface area contributed by atoms with Gasteiger partial charge < -0.3 is 9.47 Å². The van der Waals surface area contributed by atoms with E-state index in [1.165, 1.54) is 12.8 Å². The van der Waals surface area contributed by atoms with Crippen LogP contribution in [-0.2, 0) is 0 Å². The zero-order valence-electron chi connectivity index (χ0n) is 15.7. The molecule has 0 saturated carbocycles. The van der Waals surface area contributed by atoms with Gasteiger partial charge in [0.15, 0.2) is 5.75 Å². The zero-order chi connectivity index (χ0) is 17.9. The number of unbranched alkanes of at least 4 members (excludes halogenated alkanes) is 2. The molecule has 0 aliphatic carbocycles. The second-order valence-corrected chi connectivity index (χ2v) is 6.44. The largest absolute Gasteiger partial charge is 0.490 e. The van der Waals surface area contributed by atoms with Crippen molar-refractivity contribution >= 4 is 0 Å². The molecule has 1 heterocycles. The van der Waals surface area contributed by atoms with Gasteiger partial charge >= 0.3 is 6.01 Å². The average molecular weight is 342 g/mol. The lowest BCUT2D eigenvalue weighted by atomic mass is 10.1. The molecule has 1 aromatic carbocycles. The molecule has 0 amide bonds. The standard InChI is InChI=1S/C21H30N2O2/c1-4-6-10-14-24-19-16-22-21(25-15-13-17(3)5-2)23-20(19)18-11-8-7-9-12-18/h7-9,11-12,16-17H,4-6,10,13-15H2,1-3H3. The number of hydrogen-bond acceptors (Lipinski definition) is 4. The number of nitrogens with zero attached hydrogens (tertiary/aromatic N) is 2. The van der Waals surface area contributed by atoms with Crippen LogP contribution in [0.25, 0.3) is 11.3 Å². The van der Waals surface area contributed by atoms with Crippen molar-refractivity contribution < 1.29 is 9.47 Å². The smallest absolute Gasteiger partial charge is 0.317 e. The maximum absolute atomic E-state index is 5.93. The zero-order valence-corrected chi connectivity index (χ0v) is 15.7. The lowest BCUT2D eigenvalue weighted by Crippen LogP contribution is -2.07. The van der Waals surface area contributed by atoms with Gasteiger partial charge in [-0.05, 0) is 18.8 Å². The topological polar surface area (TPSA) is 44.2 Å². The highest BCUT2D eigenvalue weighted by molar-refractivity contribution is 5.65. The van der Waals surface area contributed by atoms with Gasteiger partial charge in [0.1, 0.15) is 5.69 Å². The maximum Gasteiger partial charge on any atom is 0.317 e. The first-order valence-corrected chi connectivity index (χ1v) is 9.42. The van der Waals surface area contributed by atoms with Crippen LogP contribution in [0, 0.1) is 5.92 Å². The Morgan fingerprint density at radius 1 is 1.00 bits per heavy atom. The predicted octanol–water partition coefficient (Wildman–Crippen LogP) is 5.53. The Hall–Kier alpha value is -2.10. The van der Waals surface area contributed by atoms with Gasteiger partial charge in [-0.25, -0.2) is 0 Å². The van der Waals surface area contributed by atoms with E-state index in [1.807, 2.05) is 30.3 Å². The molecule has 25 heavy (non-hydrogen) atoms. The van der Waals surface area contributed by atoms with E-state index < -0.39 is 0 Å². The van der Waals surface area contributed by atoms with Gasteiger partial charge in [-0.2, -0.15) is 9.97 Å². The third kappa shape index (κ3) is 6.37. The number of hydrogen-bond donors (Lipinski definition) is 0. The molecule has 0 aliphatic rings. The predicted molar refractivity (Wildman–Crippen MR) is 102 cm³/mol. The number of rotatable bonds is 11. The highest BCUT2D eigenvalue weighted by Crippen LogP contribution is 2.29. The van der Waals surface area contributed by atoms with Crippen LogP contribution in [0.5, 0.6) is 11.8 Å². The van der Waals surface area contributed by atoms with Crippen molar-refractivity contribution in [3.05, 3.63) is 36.5 Å². The van der Waals surface area contributed by atoms with Crippen LogP contribution in [0.2, 0.25) is 0 Å². The van der Waals surface area contributed by atoms with Crippen LogP contribution in [0.15, 0.2) is 36.5 Å². The normalized spacial score (nSPS) is 12.0. The van der Waals surface area contributed by atoms with E-state index in [9.17, 15) is 0 Å². The second-order valence-electron chi connectivity index (χ2n) is 6.44. The van der Waals surface area contributed by atoms with E-state index in [0.29, 0.717) is 25.1 Å². The minimum atomic E-state index is 0.420. The van der Waals surface area contributed by atoms with Crippen molar-refractivity contribution in [1.82, 2.24) is 9.97 Å². The molecule has 0 spiro atoms. The summed E-state index contributed by atoms with van der Waals surface area (Å²) in [6, 6.07) is 10.5. The van der Waals surface area contributed by atoms with Crippen LogP contribution in [0.1, 0.15) is 52.9 Å². The van der Waals surface area contributed by atoms with E-state index in [1.54, 1.807) is 6.20 Å². The molecule has 0 bridgehead atoms. The van der Waals surface area contributed by atoms with E-state index in [-0.39, 0.29) is 0 Å². The molecule has 0 fully saturated rings. The Morgan fingerprint density at radius 3 is 2.52 bits per heavy atom. The van der Waals surface area contributed by atoms with Crippen LogP contribution >= 0.6 is 0 Å². The molecule has 0 aliphatic heterocycles. The summed E-state index contributed by atoms with van der Waals surface area (Å²) in [5.41, 5.74) is 1.81. The lowest BCUT2D eigenvalue weighted by molar-refractivity contribution is 0.259. The van der Waals surface area contributed by atoms with Gasteiger partial charge in [-0.15, -0.1) is 0 Å². The highest BCUT2D eigenvalue weighted by Gasteiger charge is 2.12. The van der Waals surface area contributed by atoms with Gasteiger partial charge in [0, 0.05) is 5.56 Å². The van der Waals surface area contributed by atoms with Crippen molar-refractivity contribution in [2.75, 3.05) is 13.2 Å². The fraction of sp³-hybridized carbons (Fsp3) is 0.524. The fourth-order valence-corrected chi connectivity index (χ4v) is 2.42. The van der Waals surface area contributed by atoms with Gasteiger partial charge in [0.2, 0.25) is 0 Å². The average Bonchev–Trinajstić information content (AvgIpc) is 2.66. The third-order valence-corrected chi connectivity index (χ3v) is 4.32. The Balaban J connectivity index is 2.10. The number of ether oxygens (including phenoxy) is 2. The van der Waals surface area contributed by atoms with Gasteiger partial charge in [0.25, 0.3) is 0 Å². The second kappa shape index (κ2) is 10.7. The van der Waals surface area contributed by atoms with E-state index >= 15 is 0 Å². The number of benzene rings is 1. The van der Waals surface area contributed by atoms with Crippen LogP contribution in [-0.4, -0.2) is 23.2 Å². The minimum Gasteiger partial charge on any atom is -0.490 e. The molecule has 1 aromatic heterocycles. The van der Waals surface area contributed by atoms with Crippen molar-refractivity contribution in [3.8, 4) is 23.0 Å². The number of aromatic nitrogens is 2. The summed E-state index contributed by atoms with van der Waals surface area (Å²) in [6.07, 6.45) is 7.28. The molecule has 136 valence electrons. The Morgan fingerprint density at radius 2 is 1.80 bits per heavy atom. The fourth-order valence-electron chi connectivity index (χ4n) is 2.42. The molecule has 0 radical (unpaired) electrons. The van der Waals surface area contributed by atoms with Gasteiger partial charge in [-0.1, -0.05) is 70.4 Å². The summed E-state index contributed by atoms with van der Waals surface area (Å²) >= 11 is 0. The van der Waals surface area contributed by atoms with Crippen molar-refractivity contribution in [2.24, 2.45) is 5.92 Å². The summed E-state index contributed by atoms with van der Waals surface area (Å²) in [7, 11) is 0. The molecule has 2 rings (SSSR count). The Kier molecular flexibility index (Phi) is 8.23. The third-order valence-electron chi connectivity index (χ3n) is 4.32. The van der Waals surface area contributed by atoms with Gasteiger partial charge in [-0.3, -0.25) is 0 Å². The first kappa shape index (κ1) is 19.2. The minimum absolute atomic E-state index is 0.420. The Labute approximate surface area is 151 Å². The monoisotopic (exact) mass is 342 g/mol. The summed E-state index contributed by atoms with van der Waals surface area (Å²) in [4.78, 5) is 8.93. The van der Waals surface area contributed by atoms with Gasteiger partial charge in [0.05, 0.1) is 19.4 Å². The summed E-state index contributed by atoms with van der Waals surface area (Å²) in [5.74, 6) is 1.37. The molecule has 2 aromatic rings. The van der Waals surface area contributed by atoms with Crippen molar-refractivity contribution in [3.63, 3.8) is 0 Å².